The first-order valence-electron chi connectivity index (χ1n) is 10.4. The maximum Gasteiger partial charge on any atom is 0.451 e. The van der Waals surface area contributed by atoms with Gasteiger partial charge in [0.2, 0.25) is 5.82 Å². The van der Waals surface area contributed by atoms with Crippen LogP contribution in [0.1, 0.15) is 28.2 Å². The minimum Gasteiger partial charge on any atom is -0.489 e. The number of hydrogen-bond acceptors (Lipinski definition) is 4. The van der Waals surface area contributed by atoms with Gasteiger partial charge in [0.05, 0.1) is 5.69 Å². The Balaban J connectivity index is 1.32. The molecule has 0 atom stereocenters. The van der Waals surface area contributed by atoms with Gasteiger partial charge in [0.15, 0.2) is 0 Å². The fraction of sp³-hybridized carbons (Fsp3) is 0.250. The lowest BCUT2D eigenvalue weighted by molar-refractivity contribution is -0.145. The molecule has 8 heteroatoms. The zero-order valence-electron chi connectivity index (χ0n) is 17.2. The van der Waals surface area contributed by atoms with E-state index in [2.05, 4.69) is 19.9 Å². The Morgan fingerprint density at radius 1 is 1.09 bits per heavy atom. The van der Waals surface area contributed by atoms with Gasteiger partial charge >= 0.3 is 6.18 Å². The molecule has 4 aromatic rings. The normalized spacial score (nSPS) is 14.5. The number of aromatic amines is 1. The van der Waals surface area contributed by atoms with Crippen molar-refractivity contribution in [1.29, 1.82) is 0 Å². The average Bonchev–Trinajstić information content (AvgIpc) is 3.19. The largest absolute Gasteiger partial charge is 0.489 e. The lowest BCUT2D eigenvalue weighted by Gasteiger charge is -2.28. The number of aromatic nitrogens is 3. The molecule has 0 unspecified atom stereocenters. The first-order chi connectivity index (χ1) is 15.5. The van der Waals surface area contributed by atoms with Crippen LogP contribution in [0.15, 0.2) is 60.9 Å². The number of hydrogen-bond donors (Lipinski definition) is 1. The Morgan fingerprint density at radius 3 is 2.75 bits per heavy atom. The summed E-state index contributed by atoms with van der Waals surface area (Å²) < 4.78 is 44.9. The summed E-state index contributed by atoms with van der Waals surface area (Å²) in [6.07, 6.45) is -0.654. The van der Waals surface area contributed by atoms with Crippen molar-refractivity contribution in [2.24, 2.45) is 0 Å². The van der Waals surface area contributed by atoms with Crippen LogP contribution in [0.25, 0.3) is 10.9 Å². The molecule has 0 saturated heterocycles. The van der Waals surface area contributed by atoms with Crippen LogP contribution in [-0.2, 0) is 32.3 Å². The molecule has 5 rings (SSSR count). The third kappa shape index (κ3) is 4.31. The molecule has 1 N–H and O–H groups in total. The van der Waals surface area contributed by atoms with E-state index in [1.807, 2.05) is 54.7 Å². The van der Waals surface area contributed by atoms with Crippen molar-refractivity contribution in [3.8, 4) is 5.75 Å². The lowest BCUT2D eigenvalue weighted by Crippen LogP contribution is -2.31. The Hall–Kier alpha value is -3.39. The number of rotatable bonds is 5. The molecule has 0 radical (unpaired) electrons. The third-order valence-electron chi connectivity index (χ3n) is 5.66. The molecule has 1 aliphatic rings. The van der Waals surface area contributed by atoms with Crippen molar-refractivity contribution in [2.45, 2.75) is 32.3 Å². The number of nitrogens with one attached hydrogen (secondary N) is 1. The highest BCUT2D eigenvalue weighted by molar-refractivity contribution is 5.84. The van der Waals surface area contributed by atoms with Crippen molar-refractivity contribution < 1.29 is 17.9 Å². The quantitative estimate of drug-likeness (QED) is 0.470. The van der Waals surface area contributed by atoms with Crippen molar-refractivity contribution in [1.82, 2.24) is 19.9 Å². The van der Waals surface area contributed by atoms with E-state index in [-0.39, 0.29) is 0 Å². The molecule has 2 aromatic carbocycles. The molecule has 0 bridgehead atoms. The van der Waals surface area contributed by atoms with Gasteiger partial charge in [-0.25, -0.2) is 9.97 Å². The summed E-state index contributed by atoms with van der Waals surface area (Å²) in [5.41, 5.74) is 4.38. The number of benzene rings is 2. The summed E-state index contributed by atoms with van der Waals surface area (Å²) in [6.45, 7) is 2.18. The van der Waals surface area contributed by atoms with Crippen LogP contribution in [0, 0.1) is 0 Å². The molecule has 0 amide bonds. The summed E-state index contributed by atoms with van der Waals surface area (Å²) in [4.78, 5) is 12.6. The Labute approximate surface area is 182 Å². The first-order valence-corrected chi connectivity index (χ1v) is 10.4. The van der Waals surface area contributed by atoms with Gasteiger partial charge < -0.3 is 9.72 Å². The maximum atomic E-state index is 13.0. The predicted octanol–water partition coefficient (Wildman–Crippen LogP) is 5.11. The number of halogens is 3. The molecule has 3 heterocycles. The molecule has 164 valence electrons. The SMILES string of the molecule is FC(F)(F)c1ncc2c(n1)CN(Cc1c[nH]c3ccc(OCc4ccccc4)cc13)CC2. The van der Waals surface area contributed by atoms with E-state index in [0.29, 0.717) is 31.8 Å². The van der Waals surface area contributed by atoms with Crippen LogP contribution >= 0.6 is 0 Å². The van der Waals surface area contributed by atoms with E-state index in [9.17, 15) is 13.2 Å². The van der Waals surface area contributed by atoms with Crippen LogP contribution in [0.3, 0.4) is 0 Å². The van der Waals surface area contributed by atoms with Crippen molar-refractivity contribution in [3.05, 3.63) is 89.1 Å². The van der Waals surface area contributed by atoms with E-state index in [1.54, 1.807) is 0 Å². The summed E-state index contributed by atoms with van der Waals surface area (Å²) in [7, 11) is 0. The van der Waals surface area contributed by atoms with Crippen molar-refractivity contribution >= 4 is 10.9 Å². The van der Waals surface area contributed by atoms with E-state index in [0.717, 1.165) is 39.9 Å². The number of alkyl halides is 3. The Kier molecular flexibility index (Phi) is 5.30. The van der Waals surface area contributed by atoms with Gasteiger partial charge in [-0.1, -0.05) is 30.3 Å². The minimum absolute atomic E-state index is 0.359. The van der Waals surface area contributed by atoms with Gasteiger partial charge in [0.25, 0.3) is 0 Å². The molecule has 0 spiro atoms. The second-order valence-electron chi connectivity index (χ2n) is 7.92. The molecule has 2 aromatic heterocycles. The van der Waals surface area contributed by atoms with Crippen LogP contribution < -0.4 is 4.74 Å². The summed E-state index contributed by atoms with van der Waals surface area (Å²) in [6, 6.07) is 15.9. The zero-order chi connectivity index (χ0) is 22.1. The highest BCUT2D eigenvalue weighted by atomic mass is 19.4. The Morgan fingerprint density at radius 2 is 1.94 bits per heavy atom. The van der Waals surface area contributed by atoms with Crippen molar-refractivity contribution in [3.63, 3.8) is 0 Å². The average molecular weight is 438 g/mol. The van der Waals surface area contributed by atoms with Gasteiger partial charge in [-0.05, 0) is 41.3 Å². The number of H-pyrrole nitrogens is 1. The van der Waals surface area contributed by atoms with Gasteiger partial charge in [-0.2, -0.15) is 13.2 Å². The molecular formula is C24H21F3N4O. The van der Waals surface area contributed by atoms with Gasteiger partial charge in [0.1, 0.15) is 12.4 Å². The summed E-state index contributed by atoms with van der Waals surface area (Å²) >= 11 is 0. The molecule has 32 heavy (non-hydrogen) atoms. The van der Waals surface area contributed by atoms with E-state index in [1.165, 1.54) is 6.20 Å². The molecule has 0 saturated carbocycles. The summed E-state index contributed by atoms with van der Waals surface area (Å²) in [5, 5.41) is 1.04. The van der Waals surface area contributed by atoms with Crippen LogP contribution in [0.2, 0.25) is 0 Å². The van der Waals surface area contributed by atoms with E-state index in [4.69, 9.17) is 4.74 Å². The fourth-order valence-electron chi connectivity index (χ4n) is 3.99. The lowest BCUT2D eigenvalue weighted by atomic mass is 10.1. The zero-order valence-corrected chi connectivity index (χ0v) is 17.2. The molecule has 5 nitrogen and oxygen atoms in total. The van der Waals surface area contributed by atoms with E-state index >= 15 is 0 Å². The molecule has 1 aliphatic heterocycles. The third-order valence-corrected chi connectivity index (χ3v) is 5.66. The fourth-order valence-corrected chi connectivity index (χ4v) is 3.99. The van der Waals surface area contributed by atoms with Crippen LogP contribution in [-0.4, -0.2) is 26.4 Å². The molecule has 0 aliphatic carbocycles. The monoisotopic (exact) mass is 438 g/mol. The second kappa shape index (κ2) is 8.27. The van der Waals surface area contributed by atoms with E-state index < -0.39 is 12.0 Å². The molecular weight excluding hydrogens is 417 g/mol. The minimum atomic E-state index is -4.54. The standard InChI is InChI=1S/C24H21F3N4O/c25-24(26,27)23-29-11-17-8-9-31(14-22(17)30-23)13-18-12-28-21-7-6-19(10-20(18)21)32-15-16-4-2-1-3-5-16/h1-7,10-12,28H,8-9,13-15H2. The van der Waals surface area contributed by atoms with Gasteiger partial charge in [-0.15, -0.1) is 0 Å². The number of fused-ring (bicyclic) bond motifs is 2. The highest BCUT2D eigenvalue weighted by Gasteiger charge is 2.35. The smallest absolute Gasteiger partial charge is 0.451 e. The molecule has 0 fully saturated rings. The van der Waals surface area contributed by atoms with Gasteiger partial charge in [0, 0.05) is 42.9 Å². The summed E-state index contributed by atoms with van der Waals surface area (Å²) in [5.74, 6) is -0.306. The van der Waals surface area contributed by atoms with Crippen LogP contribution in [0.5, 0.6) is 5.75 Å². The number of ether oxygens (including phenoxy) is 1. The maximum absolute atomic E-state index is 13.0. The highest BCUT2D eigenvalue weighted by Crippen LogP contribution is 2.29. The van der Waals surface area contributed by atoms with Crippen LogP contribution in [0.4, 0.5) is 13.2 Å². The second-order valence-corrected chi connectivity index (χ2v) is 7.92. The first kappa shape index (κ1) is 20.5. The van der Waals surface area contributed by atoms with Gasteiger partial charge in [-0.3, -0.25) is 4.90 Å². The van der Waals surface area contributed by atoms with Crippen molar-refractivity contribution in [2.75, 3.05) is 6.54 Å². The predicted molar refractivity (Wildman–Crippen MR) is 114 cm³/mol. The Bertz CT molecular complexity index is 1240. The number of nitrogens with zero attached hydrogens (tertiary/aromatic N) is 3. The topological polar surface area (TPSA) is 54.0 Å².